The first-order valence-electron chi connectivity index (χ1n) is 13.8. The van der Waals surface area contributed by atoms with Crippen molar-refractivity contribution in [1.29, 1.82) is 0 Å². The molecule has 0 aromatic heterocycles. The number of nitrogens with one attached hydrogen (secondary N) is 1. The molecule has 0 saturated carbocycles. The Morgan fingerprint density at radius 2 is 1.68 bits per heavy atom. The summed E-state index contributed by atoms with van der Waals surface area (Å²) >= 11 is 1.61. The van der Waals surface area contributed by atoms with E-state index in [1.807, 2.05) is 24.3 Å². The molecule has 7 nitrogen and oxygen atoms in total. The van der Waals surface area contributed by atoms with Crippen molar-refractivity contribution in [1.82, 2.24) is 4.90 Å². The van der Waals surface area contributed by atoms with Gasteiger partial charge >= 0.3 is 0 Å². The number of hydrogen-bond donors (Lipinski definition) is 2. The molecule has 0 atom stereocenters. The molecule has 8 heteroatoms. The van der Waals surface area contributed by atoms with Crippen LogP contribution in [0.2, 0.25) is 0 Å². The number of carbonyl (C=O) groups is 1. The van der Waals surface area contributed by atoms with Crippen LogP contribution in [0.1, 0.15) is 24.2 Å². The number of likely N-dealkylation sites (N-methyl/N-ethyl adjacent to an activating group) is 1. The second kappa shape index (κ2) is 11.0. The van der Waals surface area contributed by atoms with Crippen LogP contribution < -0.4 is 15.6 Å². The summed E-state index contributed by atoms with van der Waals surface area (Å²) < 4.78 is 6.30. The van der Waals surface area contributed by atoms with Gasteiger partial charge in [-0.1, -0.05) is 17.8 Å². The highest BCUT2D eigenvalue weighted by molar-refractivity contribution is 7.99. The molecule has 1 amide bonds. The lowest BCUT2D eigenvalue weighted by Crippen LogP contribution is -2.29. The molecule has 6 rings (SSSR count). The highest BCUT2D eigenvalue weighted by Crippen LogP contribution is 2.48. The fourth-order valence-corrected chi connectivity index (χ4v) is 6.47. The molecule has 0 fully saturated rings. The summed E-state index contributed by atoms with van der Waals surface area (Å²) in [6.07, 6.45) is 0. The van der Waals surface area contributed by atoms with Gasteiger partial charge in [0, 0.05) is 76.4 Å². The molecule has 0 bridgehead atoms. The molecular weight excluding hydrogens is 534 g/mol. The Morgan fingerprint density at radius 3 is 2.44 bits per heavy atom. The lowest BCUT2D eigenvalue weighted by Gasteiger charge is -2.24. The summed E-state index contributed by atoms with van der Waals surface area (Å²) in [6, 6.07) is 23.2. The molecule has 0 spiro atoms. The topological polar surface area (TPSA) is 86.0 Å². The van der Waals surface area contributed by atoms with E-state index >= 15 is 0 Å². The molecule has 3 aliphatic rings. The third-order valence-corrected chi connectivity index (χ3v) is 8.69. The monoisotopic (exact) mass is 565 g/mol. The number of rotatable bonds is 7. The predicted octanol–water partition coefficient (Wildman–Crippen LogP) is 6.68. The number of fused-ring (bicyclic) bond motifs is 4. The molecule has 2 aliphatic heterocycles. The minimum absolute atomic E-state index is 0.0807. The normalized spacial score (nSPS) is 12.1. The average molecular weight is 566 g/mol. The zero-order valence-corrected chi connectivity index (χ0v) is 24.0. The van der Waals surface area contributed by atoms with Gasteiger partial charge in [0.15, 0.2) is 5.43 Å². The van der Waals surface area contributed by atoms with E-state index in [4.69, 9.17) is 4.42 Å². The lowest BCUT2D eigenvalue weighted by atomic mass is 9.93. The number of nitrogens with zero attached hydrogens (tertiary/aromatic N) is 2. The first-order chi connectivity index (χ1) is 19.9. The molecule has 1 aliphatic carbocycles. The molecule has 0 radical (unpaired) electrons. The largest absolute Gasteiger partial charge is 0.456 e. The number of amides is 1. The van der Waals surface area contributed by atoms with Crippen LogP contribution in [-0.4, -0.2) is 49.2 Å². The maximum absolute atomic E-state index is 12.8. The van der Waals surface area contributed by atoms with Crippen LogP contribution in [0, 0.1) is 0 Å². The van der Waals surface area contributed by atoms with Gasteiger partial charge in [-0.25, -0.2) is 0 Å². The SMILES string of the molecule is CCN(CC)c1ccc2c(-c3ccc4c(c3)Sc3cc(C(=O)N(C)CCO)ccc3N4)c3ccc(=O)cc-3oc2c1. The van der Waals surface area contributed by atoms with Gasteiger partial charge in [-0.2, -0.15) is 0 Å². The number of aliphatic hydroxyl groups is 1. The molecule has 0 unspecified atom stereocenters. The van der Waals surface area contributed by atoms with E-state index in [-0.39, 0.29) is 24.5 Å². The highest BCUT2D eigenvalue weighted by Gasteiger charge is 2.23. The Bertz CT molecular complexity index is 1810. The average Bonchev–Trinajstić information content (AvgIpc) is 2.98. The second-order valence-electron chi connectivity index (χ2n) is 10.1. The van der Waals surface area contributed by atoms with Crippen molar-refractivity contribution >= 4 is 45.7 Å². The highest BCUT2D eigenvalue weighted by atomic mass is 32.2. The minimum Gasteiger partial charge on any atom is -0.456 e. The van der Waals surface area contributed by atoms with Gasteiger partial charge in [-0.15, -0.1) is 0 Å². The standard InChI is InChI=1S/C33H31N3O4S/c1-4-36(5-2)22-8-10-24-28(18-22)40-29-19-23(38)9-11-25(29)32(24)20-6-12-26-30(16-20)41-31-17-21(7-13-27(31)34-26)33(39)35(3)14-15-37/h6-13,16-19,34,37H,4-5,14-15H2,1-3H3. The molecule has 41 heavy (non-hydrogen) atoms. The van der Waals surface area contributed by atoms with E-state index in [1.54, 1.807) is 30.9 Å². The number of anilines is 3. The van der Waals surface area contributed by atoms with Crippen LogP contribution in [0.3, 0.4) is 0 Å². The first kappa shape index (κ1) is 26.9. The third kappa shape index (κ3) is 4.94. The van der Waals surface area contributed by atoms with Crippen LogP contribution in [0.5, 0.6) is 0 Å². The van der Waals surface area contributed by atoms with Crippen LogP contribution in [-0.2, 0) is 0 Å². The van der Waals surface area contributed by atoms with Gasteiger partial charge in [-0.05, 0) is 74.0 Å². The Hall–Kier alpha value is -4.27. The molecule has 2 N–H and O–H groups in total. The van der Waals surface area contributed by atoms with E-state index in [0.29, 0.717) is 11.3 Å². The molecule has 208 valence electrons. The second-order valence-corrected chi connectivity index (χ2v) is 11.2. The Balaban J connectivity index is 1.45. The number of carbonyl (C=O) groups excluding carboxylic acids is 1. The molecule has 2 heterocycles. The summed E-state index contributed by atoms with van der Waals surface area (Å²) in [7, 11) is 1.69. The Kier molecular flexibility index (Phi) is 7.19. The van der Waals surface area contributed by atoms with E-state index < -0.39 is 0 Å². The van der Waals surface area contributed by atoms with E-state index in [9.17, 15) is 14.7 Å². The summed E-state index contributed by atoms with van der Waals surface area (Å²) in [5, 5.41) is 13.7. The molecule has 3 aromatic carbocycles. The maximum atomic E-state index is 12.8. The number of benzene rings is 4. The third-order valence-electron chi connectivity index (χ3n) is 7.58. The zero-order chi connectivity index (χ0) is 28.7. The lowest BCUT2D eigenvalue weighted by molar-refractivity contribution is 0.0766. The summed E-state index contributed by atoms with van der Waals surface area (Å²) in [5.41, 5.74) is 7.11. The van der Waals surface area contributed by atoms with Crippen molar-refractivity contribution < 1.29 is 14.3 Å². The fraction of sp³-hybridized carbons (Fsp3) is 0.212. The van der Waals surface area contributed by atoms with Gasteiger partial charge in [0.1, 0.15) is 11.3 Å². The van der Waals surface area contributed by atoms with Crippen LogP contribution in [0.4, 0.5) is 17.1 Å². The van der Waals surface area contributed by atoms with E-state index in [2.05, 4.69) is 60.5 Å². The van der Waals surface area contributed by atoms with Crippen LogP contribution >= 0.6 is 11.8 Å². The van der Waals surface area contributed by atoms with Crippen molar-refractivity contribution in [2.45, 2.75) is 23.6 Å². The maximum Gasteiger partial charge on any atom is 0.253 e. The summed E-state index contributed by atoms with van der Waals surface area (Å²) in [4.78, 5) is 30.9. The van der Waals surface area contributed by atoms with Crippen molar-refractivity contribution in [3.63, 3.8) is 0 Å². The van der Waals surface area contributed by atoms with Crippen molar-refractivity contribution in [2.75, 3.05) is 43.5 Å². The van der Waals surface area contributed by atoms with Gasteiger partial charge < -0.3 is 24.6 Å². The Morgan fingerprint density at radius 1 is 0.927 bits per heavy atom. The molecule has 3 aromatic rings. The fourth-order valence-electron chi connectivity index (χ4n) is 5.40. The first-order valence-corrected chi connectivity index (χ1v) is 14.6. The molecular formula is C33H31N3O4S. The predicted molar refractivity (Wildman–Crippen MR) is 166 cm³/mol. The summed E-state index contributed by atoms with van der Waals surface area (Å²) in [6.45, 7) is 6.22. The number of hydrogen-bond acceptors (Lipinski definition) is 7. The van der Waals surface area contributed by atoms with Gasteiger partial charge in [0.05, 0.1) is 18.0 Å². The van der Waals surface area contributed by atoms with Gasteiger partial charge in [0.25, 0.3) is 5.91 Å². The minimum atomic E-state index is -0.130. The summed E-state index contributed by atoms with van der Waals surface area (Å²) in [5.74, 6) is 0.426. The smallest absolute Gasteiger partial charge is 0.253 e. The van der Waals surface area contributed by atoms with Gasteiger partial charge in [0.2, 0.25) is 0 Å². The number of aliphatic hydroxyl groups excluding tert-OH is 1. The zero-order valence-electron chi connectivity index (χ0n) is 23.2. The van der Waals surface area contributed by atoms with Crippen LogP contribution in [0.15, 0.2) is 91.8 Å². The van der Waals surface area contributed by atoms with Crippen molar-refractivity contribution in [2.24, 2.45) is 0 Å². The molecule has 0 saturated heterocycles. The van der Waals surface area contributed by atoms with Crippen molar-refractivity contribution in [3.8, 4) is 22.5 Å². The van der Waals surface area contributed by atoms with Crippen LogP contribution in [0.25, 0.3) is 33.4 Å². The van der Waals surface area contributed by atoms with E-state index in [1.165, 1.54) is 4.90 Å². The Labute approximate surface area is 242 Å². The van der Waals surface area contributed by atoms with Crippen molar-refractivity contribution in [3.05, 3.63) is 88.6 Å². The van der Waals surface area contributed by atoms with E-state index in [0.717, 1.165) is 67.6 Å². The van der Waals surface area contributed by atoms with Gasteiger partial charge in [-0.3, -0.25) is 9.59 Å². The quantitative estimate of drug-likeness (QED) is 0.209.